The van der Waals surface area contributed by atoms with Gasteiger partial charge in [0.15, 0.2) is 8.38 Å². The van der Waals surface area contributed by atoms with E-state index in [1.165, 1.54) is 35.4 Å². The highest BCUT2D eigenvalue weighted by atomic mass is 31.2. The first-order valence-electron chi connectivity index (χ1n) is 22.7. The number of esters is 2. The number of aromatic amines is 2. The summed E-state index contributed by atoms with van der Waals surface area (Å²) in [6.45, 7) is 6.96. The molecule has 1 unspecified atom stereocenters. The average molecular weight is 998 g/mol. The van der Waals surface area contributed by atoms with Crippen LogP contribution in [-0.4, -0.2) is 94.7 Å². The molecule has 3 aromatic carbocycles. The molecule has 376 valence electrons. The number of rotatable bonds is 20. The first kappa shape index (κ1) is 52.1. The summed E-state index contributed by atoms with van der Waals surface area (Å²) in [5.74, 6) is -0.157. The summed E-state index contributed by atoms with van der Waals surface area (Å²) in [4.78, 5) is 81.7. The quantitative estimate of drug-likeness (QED) is 0.0579. The van der Waals surface area contributed by atoms with E-state index in [0.717, 1.165) is 16.7 Å². The first-order chi connectivity index (χ1) is 33.9. The second-order valence-corrected chi connectivity index (χ2v) is 19.1. The fraction of sp³-hybridized carbons (Fsp3) is 0.420. The van der Waals surface area contributed by atoms with E-state index in [4.69, 9.17) is 42.2 Å². The molecule has 0 amide bonds. The number of carbonyl (C=O) groups is 2. The van der Waals surface area contributed by atoms with E-state index >= 15 is 0 Å². The fourth-order valence-electron chi connectivity index (χ4n) is 8.47. The van der Waals surface area contributed by atoms with Crippen LogP contribution >= 0.6 is 8.38 Å². The summed E-state index contributed by atoms with van der Waals surface area (Å²) in [6.07, 6.45) is -3.74. The van der Waals surface area contributed by atoms with Crippen molar-refractivity contribution in [2.75, 3.05) is 33.6 Å². The van der Waals surface area contributed by atoms with Crippen molar-refractivity contribution in [2.45, 2.75) is 102 Å². The lowest BCUT2D eigenvalue weighted by molar-refractivity contribution is -0.153. The summed E-state index contributed by atoms with van der Waals surface area (Å²) < 4.78 is 58.2. The highest BCUT2D eigenvalue weighted by Gasteiger charge is 2.46. The van der Waals surface area contributed by atoms with Gasteiger partial charge in [-0.2, -0.15) is 5.26 Å². The lowest BCUT2D eigenvalue weighted by atomic mass is 9.80. The van der Waals surface area contributed by atoms with E-state index in [0.29, 0.717) is 11.5 Å². The van der Waals surface area contributed by atoms with Crippen LogP contribution in [0.5, 0.6) is 11.5 Å². The minimum Gasteiger partial charge on any atom is -0.497 e. The maximum Gasteiger partial charge on any atom is 0.330 e. The standard InChI is InChI=1S/C50H56N5O15P/c1-30-25-54(47(60)52-45(30)58)42-23-38(66-32(3)56)41(68-42)28-65-71(29-44(57)69-49(4,5)21-22-51)70-39-24-43(55-26-31(2)46(59)53-48(55)61)67-40(39)27-64-50(33-11-9-8-10-12-33,34-13-17-36(62-6)18-14-34)35-15-19-37(63-7)20-16-35/h8-20,25-26,38-43H,21,23-24,27-29H2,1-7H3,(H,52,58,60)(H,53,59,61)/t38-,39-,40+,41+,42+,43+,71?/m0/s1. The molecule has 71 heavy (non-hydrogen) atoms. The molecule has 0 spiro atoms. The zero-order chi connectivity index (χ0) is 51.0. The molecular weight excluding hydrogens is 942 g/mol. The molecule has 2 aliphatic rings. The predicted molar refractivity (Wildman–Crippen MR) is 256 cm³/mol. The summed E-state index contributed by atoms with van der Waals surface area (Å²) in [5, 5.41) is 9.45. The van der Waals surface area contributed by atoms with Gasteiger partial charge in [-0.1, -0.05) is 54.6 Å². The van der Waals surface area contributed by atoms with Crippen molar-refractivity contribution < 1.29 is 51.8 Å². The Morgan fingerprint density at radius 2 is 1.24 bits per heavy atom. The van der Waals surface area contributed by atoms with Gasteiger partial charge < -0.3 is 42.2 Å². The minimum atomic E-state index is -2.33. The lowest BCUT2D eigenvalue weighted by Crippen LogP contribution is -2.38. The second-order valence-electron chi connectivity index (χ2n) is 17.6. The molecular formula is C50H56N5O15P. The average Bonchev–Trinajstić information content (AvgIpc) is 3.93. The van der Waals surface area contributed by atoms with Gasteiger partial charge >= 0.3 is 23.3 Å². The van der Waals surface area contributed by atoms with Gasteiger partial charge in [-0.05, 0) is 68.7 Å². The van der Waals surface area contributed by atoms with Crippen molar-refractivity contribution in [1.82, 2.24) is 19.1 Å². The van der Waals surface area contributed by atoms with Gasteiger partial charge in [0, 0.05) is 43.3 Å². The number of aryl methyl sites for hydroxylation is 2. The predicted octanol–water partition coefficient (Wildman–Crippen LogP) is 5.19. The summed E-state index contributed by atoms with van der Waals surface area (Å²) in [5.41, 5.74) is -2.41. The molecule has 20 nitrogen and oxygen atoms in total. The smallest absolute Gasteiger partial charge is 0.330 e. The zero-order valence-electron chi connectivity index (χ0n) is 40.3. The van der Waals surface area contributed by atoms with Crippen LogP contribution < -0.4 is 32.0 Å². The van der Waals surface area contributed by atoms with Crippen molar-refractivity contribution in [1.29, 1.82) is 5.26 Å². The van der Waals surface area contributed by atoms with Crippen LogP contribution in [0.2, 0.25) is 0 Å². The third kappa shape index (κ3) is 12.2. The number of H-pyrrole nitrogens is 2. The number of hydrogen-bond acceptors (Lipinski definition) is 16. The molecule has 21 heteroatoms. The van der Waals surface area contributed by atoms with Gasteiger partial charge in [-0.3, -0.25) is 38.3 Å². The number of nitrogens with zero attached hydrogens (tertiary/aromatic N) is 3. The number of nitrogens with one attached hydrogen (secondary N) is 2. The van der Waals surface area contributed by atoms with Crippen molar-refractivity contribution in [3.05, 3.63) is 161 Å². The van der Waals surface area contributed by atoms with Crippen LogP contribution in [0.25, 0.3) is 0 Å². The maximum absolute atomic E-state index is 13.8. The van der Waals surface area contributed by atoms with Crippen LogP contribution in [0.3, 0.4) is 0 Å². The van der Waals surface area contributed by atoms with Crippen LogP contribution in [0.15, 0.2) is 110 Å². The summed E-state index contributed by atoms with van der Waals surface area (Å²) in [7, 11) is 0.812. The van der Waals surface area contributed by atoms with Gasteiger partial charge in [0.25, 0.3) is 11.1 Å². The molecule has 2 fully saturated rings. The topological polar surface area (TPSA) is 251 Å². The van der Waals surface area contributed by atoms with Crippen molar-refractivity contribution >= 4 is 20.3 Å². The van der Waals surface area contributed by atoms with E-state index in [-0.39, 0.29) is 43.6 Å². The number of hydrogen-bond donors (Lipinski definition) is 2. The van der Waals surface area contributed by atoms with Crippen molar-refractivity contribution in [3.63, 3.8) is 0 Å². The number of methoxy groups -OCH3 is 2. The molecule has 4 heterocycles. The summed E-state index contributed by atoms with van der Waals surface area (Å²) >= 11 is 0. The van der Waals surface area contributed by atoms with E-state index in [2.05, 4.69) is 9.97 Å². The van der Waals surface area contributed by atoms with Gasteiger partial charge in [0.2, 0.25) is 0 Å². The SMILES string of the molecule is COc1ccc(C(OC[C@H]2O[C@@H](n3cc(C)c(=O)[nH]c3=O)C[C@@H]2OP(CC(=O)OC(C)(C)CC#N)OC[C@H]2O[C@@H](n3cc(C)c(=O)[nH]c3=O)C[C@@H]2OC(C)=O)(c2ccccc2)c2ccc(OC)cc2)cc1. The van der Waals surface area contributed by atoms with Gasteiger partial charge in [-0.15, -0.1) is 0 Å². The third-order valence-corrected chi connectivity index (χ3v) is 13.5. The molecule has 0 saturated carbocycles. The molecule has 7 rings (SSSR count). The van der Waals surface area contributed by atoms with Gasteiger partial charge in [0.1, 0.15) is 59.6 Å². The second kappa shape index (κ2) is 22.6. The number of ether oxygens (including phenoxy) is 7. The minimum absolute atomic E-state index is 0.00740. The fourth-order valence-corrected chi connectivity index (χ4v) is 9.80. The zero-order valence-corrected chi connectivity index (χ0v) is 41.2. The third-order valence-electron chi connectivity index (χ3n) is 12.0. The number of carbonyl (C=O) groups excluding carboxylic acids is 2. The maximum atomic E-state index is 13.8. The number of nitriles is 1. The van der Waals surface area contributed by atoms with Crippen molar-refractivity contribution in [2.24, 2.45) is 0 Å². The number of benzene rings is 3. The summed E-state index contributed by atoms with van der Waals surface area (Å²) in [6, 6.07) is 26.4. The highest BCUT2D eigenvalue weighted by Crippen LogP contribution is 2.48. The normalized spacial score (nSPS) is 20.5. The Balaban J connectivity index is 1.26. The Hall–Kier alpha value is -6.72. The Kier molecular flexibility index (Phi) is 16.6. The van der Waals surface area contributed by atoms with E-state index in [1.807, 2.05) is 84.9 Å². The first-order valence-corrected chi connectivity index (χ1v) is 24.1. The molecule has 2 aliphatic heterocycles. The van der Waals surface area contributed by atoms with Crippen LogP contribution in [0.4, 0.5) is 0 Å². The molecule has 7 atom stereocenters. The molecule has 2 aromatic heterocycles. The Bertz CT molecular complexity index is 2900. The van der Waals surface area contributed by atoms with Gasteiger partial charge in [0.05, 0.1) is 46.0 Å². The lowest BCUT2D eigenvalue weighted by Gasteiger charge is -2.37. The molecule has 2 saturated heterocycles. The molecule has 0 bridgehead atoms. The van der Waals surface area contributed by atoms with Crippen LogP contribution in [0, 0.1) is 25.2 Å². The van der Waals surface area contributed by atoms with E-state index in [9.17, 15) is 34.0 Å². The molecule has 0 aliphatic carbocycles. The highest BCUT2D eigenvalue weighted by molar-refractivity contribution is 7.48. The van der Waals surface area contributed by atoms with Crippen LogP contribution in [0.1, 0.15) is 80.3 Å². The monoisotopic (exact) mass is 997 g/mol. The van der Waals surface area contributed by atoms with E-state index in [1.54, 1.807) is 35.0 Å². The number of aromatic nitrogens is 4. The van der Waals surface area contributed by atoms with Crippen LogP contribution in [-0.2, 0) is 47.9 Å². The van der Waals surface area contributed by atoms with Crippen molar-refractivity contribution in [3.8, 4) is 17.6 Å². The molecule has 0 radical (unpaired) electrons. The van der Waals surface area contributed by atoms with E-state index < -0.39 is 97.0 Å². The molecule has 2 N–H and O–H groups in total. The largest absolute Gasteiger partial charge is 0.497 e. The Labute approximate surface area is 409 Å². The van der Waals surface area contributed by atoms with Gasteiger partial charge in [-0.25, -0.2) is 9.59 Å². The Morgan fingerprint density at radius 3 is 1.73 bits per heavy atom. The Morgan fingerprint density at radius 1 is 0.746 bits per heavy atom. The molecule has 5 aromatic rings.